The first-order valence-electron chi connectivity index (χ1n) is 8.24. The largest absolute Gasteiger partial charge is 0.416 e. The van der Waals surface area contributed by atoms with Gasteiger partial charge in [-0.25, -0.2) is 0 Å². The molecule has 0 unspecified atom stereocenters. The fraction of sp³-hybridized carbons (Fsp3) is 0.368. The Hall–Kier alpha value is -2.58. The van der Waals surface area contributed by atoms with E-state index in [2.05, 4.69) is 0 Å². The molecule has 0 aliphatic heterocycles. The zero-order valence-electron chi connectivity index (χ0n) is 16.1. The molecule has 28 heavy (non-hydrogen) atoms. The summed E-state index contributed by atoms with van der Waals surface area (Å²) in [5.41, 5.74) is -0.146. The summed E-state index contributed by atoms with van der Waals surface area (Å²) >= 11 is 0. The van der Waals surface area contributed by atoms with Gasteiger partial charge >= 0.3 is 12.4 Å². The van der Waals surface area contributed by atoms with E-state index >= 15 is 0 Å². The Morgan fingerprint density at radius 1 is 0.536 bits per heavy atom. The minimum absolute atomic E-state index is 0.293. The molecule has 9 heteroatoms. The monoisotopic (exact) mass is 405 g/mol. The second-order valence-corrected chi connectivity index (χ2v) is 6.75. The van der Waals surface area contributed by atoms with Gasteiger partial charge in [0.1, 0.15) is 0 Å². The number of nitrogens with zero attached hydrogens (tertiary/aromatic N) is 3. The van der Waals surface area contributed by atoms with Crippen molar-refractivity contribution in [2.45, 2.75) is 12.4 Å². The molecule has 154 valence electrons. The number of halogens is 6. The Kier molecular flexibility index (Phi) is 5.77. The van der Waals surface area contributed by atoms with Crippen molar-refractivity contribution in [3.63, 3.8) is 0 Å². The van der Waals surface area contributed by atoms with Crippen LogP contribution in [0.4, 0.5) is 49.1 Å². The lowest BCUT2D eigenvalue weighted by molar-refractivity contribution is -0.138. The summed E-state index contributed by atoms with van der Waals surface area (Å²) in [4.78, 5) is 4.63. The van der Waals surface area contributed by atoms with Gasteiger partial charge in [0.15, 0.2) is 0 Å². The number of hydrogen-bond donors (Lipinski definition) is 0. The standard InChI is InChI=1S/C19H21F6N3/c1-26(2)16-10-12(18(20,21)22)6-8-14(16)28(5)15-9-7-13(19(23,24)25)11-17(15)27(3)4/h6-11H,1-5H3. The SMILES string of the molecule is CN(C)c1cc(C(F)(F)F)ccc1N(C)c1ccc(C(F)(F)F)cc1N(C)C. The van der Waals surface area contributed by atoms with E-state index in [1.54, 1.807) is 40.1 Å². The van der Waals surface area contributed by atoms with Crippen molar-refractivity contribution in [1.82, 2.24) is 0 Å². The fourth-order valence-corrected chi connectivity index (χ4v) is 2.81. The number of benzene rings is 2. The Morgan fingerprint density at radius 2 is 0.857 bits per heavy atom. The Morgan fingerprint density at radius 3 is 1.11 bits per heavy atom. The predicted molar refractivity (Wildman–Crippen MR) is 99.6 cm³/mol. The van der Waals surface area contributed by atoms with E-state index in [1.165, 1.54) is 21.9 Å². The molecule has 0 heterocycles. The van der Waals surface area contributed by atoms with Crippen LogP contribution >= 0.6 is 0 Å². The van der Waals surface area contributed by atoms with Crippen LogP contribution in [-0.4, -0.2) is 35.2 Å². The van der Waals surface area contributed by atoms with Gasteiger partial charge in [-0.1, -0.05) is 0 Å². The number of rotatable bonds is 4. The molecule has 2 aromatic carbocycles. The van der Waals surface area contributed by atoms with Crippen LogP contribution < -0.4 is 14.7 Å². The molecule has 0 aliphatic rings. The van der Waals surface area contributed by atoms with Gasteiger partial charge in [-0.15, -0.1) is 0 Å². The quantitative estimate of drug-likeness (QED) is 0.611. The zero-order chi connectivity index (χ0) is 21.4. The van der Waals surface area contributed by atoms with Crippen LogP contribution in [0.2, 0.25) is 0 Å². The van der Waals surface area contributed by atoms with Crippen LogP contribution in [0.5, 0.6) is 0 Å². The molecule has 0 saturated heterocycles. The van der Waals surface area contributed by atoms with E-state index in [4.69, 9.17) is 0 Å². The molecule has 0 amide bonds. The lowest BCUT2D eigenvalue weighted by atomic mass is 10.1. The lowest BCUT2D eigenvalue weighted by Gasteiger charge is -2.30. The minimum atomic E-state index is -4.50. The normalized spacial score (nSPS) is 12.1. The second-order valence-electron chi connectivity index (χ2n) is 6.75. The molecule has 0 atom stereocenters. The molecule has 0 saturated carbocycles. The van der Waals surface area contributed by atoms with Crippen LogP contribution in [0, 0.1) is 0 Å². The first-order valence-corrected chi connectivity index (χ1v) is 8.24. The third kappa shape index (κ3) is 4.45. The molecule has 0 radical (unpaired) electrons. The molecule has 3 nitrogen and oxygen atoms in total. The van der Waals surface area contributed by atoms with Gasteiger partial charge in [-0.05, 0) is 36.4 Å². The molecule has 0 aliphatic carbocycles. The van der Waals surface area contributed by atoms with Crippen LogP contribution in [0.15, 0.2) is 36.4 Å². The van der Waals surface area contributed by atoms with Crippen molar-refractivity contribution in [3.8, 4) is 0 Å². The molecule has 2 aromatic rings. The molecule has 0 fully saturated rings. The van der Waals surface area contributed by atoms with Gasteiger partial charge in [0, 0.05) is 35.2 Å². The van der Waals surface area contributed by atoms with Gasteiger partial charge in [0.05, 0.1) is 33.9 Å². The number of anilines is 4. The molecular weight excluding hydrogens is 384 g/mol. The highest BCUT2D eigenvalue weighted by molar-refractivity contribution is 5.83. The summed E-state index contributed by atoms with van der Waals surface area (Å²) in [6.45, 7) is 0. The van der Waals surface area contributed by atoms with E-state index < -0.39 is 23.5 Å². The molecule has 0 bridgehead atoms. The zero-order valence-corrected chi connectivity index (χ0v) is 16.1. The van der Waals surface area contributed by atoms with Crippen molar-refractivity contribution in [1.29, 1.82) is 0 Å². The first kappa shape index (κ1) is 21.7. The van der Waals surface area contributed by atoms with Gasteiger partial charge in [0.2, 0.25) is 0 Å². The molecule has 2 rings (SSSR count). The fourth-order valence-electron chi connectivity index (χ4n) is 2.81. The lowest BCUT2D eigenvalue weighted by Crippen LogP contribution is -2.21. The van der Waals surface area contributed by atoms with Crippen LogP contribution in [-0.2, 0) is 12.4 Å². The Bertz CT molecular complexity index is 771. The summed E-state index contributed by atoms with van der Waals surface area (Å²) < 4.78 is 78.4. The summed E-state index contributed by atoms with van der Waals surface area (Å²) in [5.74, 6) is 0. The maximum Gasteiger partial charge on any atom is 0.416 e. The van der Waals surface area contributed by atoms with Crippen molar-refractivity contribution in [2.24, 2.45) is 0 Å². The summed E-state index contributed by atoms with van der Waals surface area (Å²) in [5, 5.41) is 0. The molecule has 0 aromatic heterocycles. The highest BCUT2D eigenvalue weighted by Gasteiger charge is 2.33. The highest BCUT2D eigenvalue weighted by atomic mass is 19.4. The Labute approximate surface area is 159 Å². The van der Waals surface area contributed by atoms with Crippen LogP contribution in [0.1, 0.15) is 11.1 Å². The summed E-state index contributed by atoms with van der Waals surface area (Å²) in [6.07, 6.45) is -8.99. The molecule has 0 N–H and O–H groups in total. The number of hydrogen-bond acceptors (Lipinski definition) is 3. The average Bonchev–Trinajstić information content (AvgIpc) is 2.58. The number of alkyl halides is 6. The van der Waals surface area contributed by atoms with Crippen molar-refractivity contribution < 1.29 is 26.3 Å². The Balaban J connectivity index is 2.61. The molecular formula is C19H21F6N3. The van der Waals surface area contributed by atoms with E-state index in [-0.39, 0.29) is 0 Å². The third-order valence-electron chi connectivity index (χ3n) is 4.29. The van der Waals surface area contributed by atoms with E-state index in [0.29, 0.717) is 22.7 Å². The smallest absolute Gasteiger partial charge is 0.376 e. The second kappa shape index (κ2) is 7.44. The van der Waals surface area contributed by atoms with Gasteiger partial charge in [0.25, 0.3) is 0 Å². The van der Waals surface area contributed by atoms with Gasteiger partial charge in [-0.3, -0.25) is 0 Å². The van der Waals surface area contributed by atoms with Gasteiger partial charge < -0.3 is 14.7 Å². The van der Waals surface area contributed by atoms with Gasteiger partial charge in [-0.2, -0.15) is 26.3 Å². The van der Waals surface area contributed by atoms with Crippen LogP contribution in [0.3, 0.4) is 0 Å². The third-order valence-corrected chi connectivity index (χ3v) is 4.29. The molecule has 0 spiro atoms. The van der Waals surface area contributed by atoms with E-state index in [1.807, 2.05) is 0 Å². The summed E-state index contributed by atoms with van der Waals surface area (Å²) in [6, 6.07) is 6.58. The predicted octanol–water partition coefficient (Wildman–Crippen LogP) is 5.62. The van der Waals surface area contributed by atoms with Crippen molar-refractivity contribution >= 4 is 22.7 Å². The van der Waals surface area contributed by atoms with Crippen molar-refractivity contribution in [2.75, 3.05) is 49.9 Å². The highest BCUT2D eigenvalue weighted by Crippen LogP contribution is 2.42. The van der Waals surface area contributed by atoms with Crippen molar-refractivity contribution in [3.05, 3.63) is 47.5 Å². The summed E-state index contributed by atoms with van der Waals surface area (Å²) in [7, 11) is 8.02. The van der Waals surface area contributed by atoms with Crippen LogP contribution in [0.25, 0.3) is 0 Å². The topological polar surface area (TPSA) is 9.72 Å². The maximum absolute atomic E-state index is 13.1. The maximum atomic E-state index is 13.1. The minimum Gasteiger partial charge on any atom is -0.376 e. The average molecular weight is 405 g/mol. The van der Waals surface area contributed by atoms with E-state index in [0.717, 1.165) is 24.3 Å². The first-order chi connectivity index (χ1) is 12.7. The van der Waals surface area contributed by atoms with E-state index in [9.17, 15) is 26.3 Å².